The third kappa shape index (κ3) is 9.41. The fourth-order valence-corrected chi connectivity index (χ4v) is 9.04. The lowest BCUT2D eigenvalue weighted by Crippen LogP contribution is -2.30. The van der Waals surface area contributed by atoms with Gasteiger partial charge >= 0.3 is 17.9 Å². The second kappa shape index (κ2) is 15.8. The molecule has 0 spiro atoms. The lowest BCUT2D eigenvalue weighted by molar-refractivity contribution is 0.0592. The summed E-state index contributed by atoms with van der Waals surface area (Å²) in [6, 6.07) is 24.5. The summed E-state index contributed by atoms with van der Waals surface area (Å²) in [4.78, 5) is 35.3. The van der Waals surface area contributed by atoms with Gasteiger partial charge in [-0.1, -0.05) is 41.5 Å². The Morgan fingerprint density at radius 1 is 0.588 bits per heavy atom. The highest BCUT2D eigenvalue weighted by Gasteiger charge is 2.40. The first kappa shape index (κ1) is 40.9. The molecule has 0 unspecified atom stereocenters. The van der Waals surface area contributed by atoms with E-state index in [0.29, 0.717) is 27.8 Å². The summed E-state index contributed by atoms with van der Waals surface area (Å²) in [5, 5.41) is 13.4. The molecule has 0 bridgehead atoms. The zero-order valence-corrected chi connectivity index (χ0v) is 32.3. The summed E-state index contributed by atoms with van der Waals surface area (Å²) in [7, 11) is -2.67. The van der Waals surface area contributed by atoms with E-state index in [2.05, 4.69) is 6.66 Å². The molecule has 0 aliphatic rings. The summed E-state index contributed by atoms with van der Waals surface area (Å²) >= 11 is 0. The first-order valence-corrected chi connectivity index (χ1v) is 19.5. The van der Waals surface area contributed by atoms with Crippen molar-refractivity contribution in [2.75, 3.05) is 28.0 Å². The van der Waals surface area contributed by atoms with Crippen LogP contribution in [0.4, 0.5) is 0 Å². The number of esters is 3. The molecule has 0 heterocycles. The third-order valence-corrected chi connectivity index (χ3v) is 13.2. The number of carbonyl (C=O) groups is 3. The van der Waals surface area contributed by atoms with E-state index in [1.54, 1.807) is 36.4 Å². The molecule has 0 fully saturated rings. The molecule has 51 heavy (non-hydrogen) atoms. The minimum atomic E-state index is -4.55. The van der Waals surface area contributed by atoms with E-state index in [1.807, 2.05) is 77.9 Å². The molecule has 4 aromatic carbocycles. The quantitative estimate of drug-likeness (QED) is 0.106. The van der Waals surface area contributed by atoms with Crippen LogP contribution in [0.15, 0.2) is 89.8 Å². The molecule has 4 rings (SSSR count). The van der Waals surface area contributed by atoms with Gasteiger partial charge in [0.25, 0.3) is 0 Å². The average Bonchev–Trinajstić information content (AvgIpc) is 3.09. The number of ether oxygens (including phenoxy) is 3. The highest BCUT2D eigenvalue weighted by molar-refractivity contribution is 7.95. The Morgan fingerprint density at radius 3 is 1.04 bits per heavy atom. The first-order chi connectivity index (χ1) is 23.6. The molecule has 0 saturated heterocycles. The van der Waals surface area contributed by atoms with Crippen LogP contribution in [0.25, 0.3) is 0 Å². The van der Waals surface area contributed by atoms with Gasteiger partial charge < -0.3 is 23.9 Å². The largest absolute Gasteiger partial charge is 0.744 e. The number of rotatable bonds is 7. The normalized spacial score (nSPS) is 11.9. The van der Waals surface area contributed by atoms with Crippen LogP contribution in [0.5, 0.6) is 5.75 Å². The number of carbonyl (C=O) groups excluding carboxylic acids is 3. The molecule has 0 aliphatic heterocycles. The Kier molecular flexibility index (Phi) is 12.6. The maximum Gasteiger partial charge on any atom is 0.337 e. The highest BCUT2D eigenvalue weighted by Crippen LogP contribution is 2.51. The Bertz CT molecular complexity index is 1810. The Labute approximate surface area is 300 Å². The molecular formula is C39H45O10PS. The number of hydrogen-bond acceptors (Lipinski definition) is 10. The minimum Gasteiger partial charge on any atom is -0.744 e. The molecule has 4 aromatic rings. The van der Waals surface area contributed by atoms with Gasteiger partial charge in [0.15, 0.2) is 0 Å². The maximum absolute atomic E-state index is 11.9. The van der Waals surface area contributed by atoms with Gasteiger partial charge in [-0.25, -0.2) is 22.8 Å². The van der Waals surface area contributed by atoms with Crippen molar-refractivity contribution in [3.8, 4) is 5.75 Å². The molecule has 12 heteroatoms. The minimum absolute atomic E-state index is 0.0624. The summed E-state index contributed by atoms with van der Waals surface area (Å²) in [6.45, 7) is 13.3. The molecule has 0 aliphatic carbocycles. The van der Waals surface area contributed by atoms with E-state index in [9.17, 15) is 32.5 Å². The Morgan fingerprint density at radius 2 is 0.843 bits per heavy atom. The second-order valence-corrected chi connectivity index (χ2v) is 18.9. The number of benzene rings is 4. The number of hydrogen-bond donors (Lipinski definition) is 1. The summed E-state index contributed by atoms with van der Waals surface area (Å²) in [6.07, 6.45) is 0. The van der Waals surface area contributed by atoms with Crippen LogP contribution in [-0.2, 0) is 35.2 Å². The van der Waals surface area contributed by atoms with Gasteiger partial charge in [-0.2, -0.15) is 0 Å². The van der Waals surface area contributed by atoms with Crippen LogP contribution in [0, 0.1) is 0 Å². The van der Waals surface area contributed by atoms with E-state index in [4.69, 9.17) is 14.2 Å². The molecule has 10 nitrogen and oxygen atoms in total. The molecule has 0 radical (unpaired) electrons. The van der Waals surface area contributed by atoms with Gasteiger partial charge in [0.2, 0.25) is 0 Å². The van der Waals surface area contributed by atoms with Gasteiger partial charge in [-0.3, -0.25) is 0 Å². The fraction of sp³-hybridized carbons (Fsp3) is 0.308. The van der Waals surface area contributed by atoms with Crippen molar-refractivity contribution in [1.29, 1.82) is 0 Å². The van der Waals surface area contributed by atoms with Crippen molar-refractivity contribution in [3.05, 3.63) is 113 Å². The molecule has 0 amide bonds. The molecular weight excluding hydrogens is 691 g/mol. The number of aromatic hydroxyl groups is 1. The van der Waals surface area contributed by atoms with Crippen molar-refractivity contribution in [3.63, 3.8) is 0 Å². The lowest BCUT2D eigenvalue weighted by Gasteiger charge is -2.28. The predicted octanol–water partition coefficient (Wildman–Crippen LogP) is 5.86. The lowest BCUT2D eigenvalue weighted by atomic mass is 9.79. The molecule has 272 valence electrons. The molecule has 1 N–H and O–H groups in total. The van der Waals surface area contributed by atoms with Crippen molar-refractivity contribution < 1.29 is 46.7 Å². The van der Waals surface area contributed by atoms with Gasteiger partial charge in [0.05, 0.1) is 49.6 Å². The van der Waals surface area contributed by atoms with Crippen molar-refractivity contribution >= 4 is 51.2 Å². The van der Waals surface area contributed by atoms with E-state index in [1.165, 1.54) is 33.5 Å². The Hall–Kier alpha value is -4.57. The van der Waals surface area contributed by atoms with Gasteiger partial charge in [0.1, 0.15) is 39.0 Å². The zero-order valence-electron chi connectivity index (χ0n) is 30.6. The van der Waals surface area contributed by atoms with Crippen LogP contribution < -0.4 is 15.9 Å². The monoisotopic (exact) mass is 736 g/mol. The third-order valence-electron chi connectivity index (χ3n) is 8.40. The van der Waals surface area contributed by atoms with Crippen molar-refractivity contribution in [1.82, 2.24) is 0 Å². The van der Waals surface area contributed by atoms with Crippen LogP contribution in [-0.4, -0.2) is 64.0 Å². The molecule has 0 aromatic heterocycles. The fourth-order valence-electron chi connectivity index (χ4n) is 5.38. The van der Waals surface area contributed by atoms with Gasteiger partial charge in [-0.15, -0.1) is 0 Å². The van der Waals surface area contributed by atoms with Gasteiger partial charge in [-0.05, 0) is 95.8 Å². The number of phenolic OH excluding ortho intramolecular Hbond substituents is 1. The first-order valence-electron chi connectivity index (χ1n) is 15.9. The molecule has 0 atom stereocenters. The zero-order chi connectivity index (χ0) is 38.5. The summed E-state index contributed by atoms with van der Waals surface area (Å²) in [5.41, 5.74) is 1.42. The van der Waals surface area contributed by atoms with Crippen molar-refractivity contribution in [2.45, 2.75) is 57.3 Å². The summed E-state index contributed by atoms with van der Waals surface area (Å²) in [5.74, 6) is -1.14. The van der Waals surface area contributed by atoms with Crippen LogP contribution in [0.1, 0.15) is 83.7 Å². The summed E-state index contributed by atoms with van der Waals surface area (Å²) < 4.78 is 48.2. The molecule has 0 saturated carbocycles. The predicted molar refractivity (Wildman–Crippen MR) is 199 cm³/mol. The van der Waals surface area contributed by atoms with Crippen LogP contribution >= 0.6 is 7.26 Å². The Balaban J connectivity index is 0.000000316. The maximum atomic E-state index is 11.9. The number of methoxy groups -OCH3 is 3. The van der Waals surface area contributed by atoms with Gasteiger partial charge in [0, 0.05) is 11.1 Å². The topological polar surface area (TPSA) is 156 Å². The second-order valence-electron chi connectivity index (χ2n) is 13.9. The van der Waals surface area contributed by atoms with E-state index in [-0.39, 0.29) is 10.6 Å². The number of phenols is 1. The van der Waals surface area contributed by atoms with Crippen LogP contribution in [0.3, 0.4) is 0 Å². The van der Waals surface area contributed by atoms with Crippen molar-refractivity contribution in [2.24, 2.45) is 0 Å². The van der Waals surface area contributed by atoms with E-state index < -0.39 is 46.1 Å². The highest BCUT2D eigenvalue weighted by atomic mass is 32.2. The van der Waals surface area contributed by atoms with E-state index in [0.717, 1.165) is 15.9 Å². The average molecular weight is 737 g/mol. The van der Waals surface area contributed by atoms with Crippen LogP contribution in [0.2, 0.25) is 0 Å². The SMILES string of the molecule is CC(C)(C)c1cc(S(=O)(=O)[O-])cc(C(C)(C)C)c1O.COC(=O)c1ccc([P+](C)(c2ccc(C(=O)OC)cc2)c2ccc(C(=O)OC)cc2)cc1. The smallest absolute Gasteiger partial charge is 0.337 e. The van der Waals surface area contributed by atoms with E-state index >= 15 is 0 Å². The standard InChI is InChI=1S/C25H24O6P.C14H22O4S/c1-29-23(26)17-5-11-20(12-6-17)32(4,21-13-7-18(8-14-21)24(27)30-2)22-15-9-19(10-16-22)25(28)31-3;1-13(2,3)10-7-9(19(16,17)18)8-11(12(10)15)14(4,5)6/h5-16H,1-4H3;7-8,15H,1-6H3,(H,16,17,18)/q+1;/p-1.